The Balaban J connectivity index is 2.19. The van der Waals surface area contributed by atoms with E-state index < -0.39 is 11.6 Å². The molecule has 6 heteroatoms. The van der Waals surface area contributed by atoms with Gasteiger partial charge in [0.15, 0.2) is 17.5 Å². The molecule has 0 fully saturated rings. The van der Waals surface area contributed by atoms with Crippen LogP contribution in [-0.2, 0) is 6.42 Å². The van der Waals surface area contributed by atoms with Gasteiger partial charge in [-0.05, 0) is 12.5 Å². The van der Waals surface area contributed by atoms with Gasteiger partial charge >= 0.3 is 0 Å². The summed E-state index contributed by atoms with van der Waals surface area (Å²) in [6.45, 7) is 1.89. The number of aromatic nitrogens is 2. The highest BCUT2D eigenvalue weighted by Crippen LogP contribution is 2.21. The zero-order valence-corrected chi connectivity index (χ0v) is 10.4. The largest absolute Gasteiger partial charge is 0.339 e. The lowest BCUT2D eigenvalue weighted by atomic mass is 10.1. The van der Waals surface area contributed by atoms with Gasteiger partial charge in [0.05, 0.1) is 11.8 Å². The monoisotopic (exact) mass is 272 g/mol. The van der Waals surface area contributed by atoms with Crippen molar-refractivity contribution in [1.82, 2.24) is 10.1 Å². The third-order valence-corrected chi connectivity index (χ3v) is 3.00. The van der Waals surface area contributed by atoms with Gasteiger partial charge in [0.25, 0.3) is 0 Å². The second-order valence-corrected chi connectivity index (χ2v) is 4.34. The fourth-order valence-corrected chi connectivity index (χ4v) is 1.59. The van der Waals surface area contributed by atoms with Crippen LogP contribution in [0.5, 0.6) is 0 Å². The maximum atomic E-state index is 13.4. The number of alkyl halides is 1. The number of hydrogen-bond acceptors (Lipinski definition) is 3. The molecule has 0 radical (unpaired) electrons. The van der Waals surface area contributed by atoms with Gasteiger partial charge in [0, 0.05) is 5.56 Å². The Morgan fingerprint density at radius 1 is 1.39 bits per heavy atom. The summed E-state index contributed by atoms with van der Waals surface area (Å²) < 4.78 is 31.4. The van der Waals surface area contributed by atoms with E-state index in [1.165, 1.54) is 12.1 Å². The Bertz CT molecular complexity index is 545. The van der Waals surface area contributed by atoms with Gasteiger partial charge in [-0.15, -0.1) is 11.6 Å². The average molecular weight is 273 g/mol. The lowest BCUT2D eigenvalue weighted by Gasteiger charge is -2.00. The van der Waals surface area contributed by atoms with Crippen molar-refractivity contribution < 1.29 is 13.3 Å². The Morgan fingerprint density at radius 3 is 2.89 bits per heavy atom. The highest BCUT2D eigenvalue weighted by Gasteiger charge is 2.16. The van der Waals surface area contributed by atoms with Crippen LogP contribution in [-0.4, -0.2) is 10.1 Å². The predicted molar refractivity (Wildman–Crippen MR) is 62.3 cm³/mol. The molecule has 0 N–H and O–H groups in total. The predicted octanol–water partition coefficient (Wildman–Crippen LogP) is 3.63. The molecule has 0 saturated carbocycles. The van der Waals surface area contributed by atoms with E-state index >= 15 is 0 Å². The Labute approximate surface area is 108 Å². The van der Waals surface area contributed by atoms with Gasteiger partial charge in [-0.1, -0.05) is 24.2 Å². The number of rotatable bonds is 4. The van der Waals surface area contributed by atoms with E-state index in [0.29, 0.717) is 12.2 Å². The first-order chi connectivity index (χ1) is 8.61. The van der Waals surface area contributed by atoms with Crippen molar-refractivity contribution in [2.45, 2.75) is 25.1 Å². The number of hydrogen-bond donors (Lipinski definition) is 0. The molecule has 0 amide bonds. The van der Waals surface area contributed by atoms with Crippen LogP contribution in [0.15, 0.2) is 22.7 Å². The molecule has 0 bridgehead atoms. The fraction of sp³-hybridized carbons (Fsp3) is 0.333. The van der Waals surface area contributed by atoms with Crippen molar-refractivity contribution in [3.63, 3.8) is 0 Å². The van der Waals surface area contributed by atoms with E-state index in [-0.39, 0.29) is 23.3 Å². The van der Waals surface area contributed by atoms with Gasteiger partial charge in [-0.3, -0.25) is 0 Å². The van der Waals surface area contributed by atoms with Gasteiger partial charge in [-0.2, -0.15) is 4.98 Å². The number of halogens is 3. The van der Waals surface area contributed by atoms with E-state index in [1.807, 2.05) is 6.92 Å². The summed E-state index contributed by atoms with van der Waals surface area (Å²) in [5, 5.41) is 3.37. The Kier molecular flexibility index (Phi) is 3.91. The zero-order valence-electron chi connectivity index (χ0n) is 9.66. The smallest absolute Gasteiger partial charge is 0.231 e. The number of nitrogens with zero attached hydrogens (tertiary/aromatic N) is 2. The van der Waals surface area contributed by atoms with Gasteiger partial charge in [0.1, 0.15) is 0 Å². The molecule has 3 nitrogen and oxygen atoms in total. The minimum atomic E-state index is -0.893. The summed E-state index contributed by atoms with van der Waals surface area (Å²) in [6.07, 6.45) is 0.707. The third kappa shape index (κ3) is 2.67. The zero-order chi connectivity index (χ0) is 13.1. The molecular formula is C12H11ClF2N2O. The summed E-state index contributed by atoms with van der Waals surface area (Å²) >= 11 is 5.94. The molecule has 2 rings (SSSR count). The molecule has 0 aliphatic carbocycles. The van der Waals surface area contributed by atoms with Crippen LogP contribution in [0.2, 0.25) is 0 Å². The van der Waals surface area contributed by atoms with E-state index in [9.17, 15) is 8.78 Å². The average Bonchev–Trinajstić information content (AvgIpc) is 2.82. The Hall–Kier alpha value is -1.49. The highest BCUT2D eigenvalue weighted by molar-refractivity contribution is 6.20. The van der Waals surface area contributed by atoms with Gasteiger partial charge in [0.2, 0.25) is 5.89 Å². The first kappa shape index (κ1) is 13.0. The molecule has 1 aromatic heterocycles. The molecule has 2 aromatic rings. The summed E-state index contributed by atoms with van der Waals surface area (Å²) in [5.41, 5.74) is 0.174. The molecule has 0 saturated heterocycles. The topological polar surface area (TPSA) is 38.9 Å². The molecule has 0 aliphatic rings. The SMILES string of the molecule is CCC(Cl)c1noc(Cc2cccc(F)c2F)n1. The van der Waals surface area contributed by atoms with Crippen molar-refractivity contribution in [2.24, 2.45) is 0 Å². The summed E-state index contributed by atoms with van der Waals surface area (Å²) in [7, 11) is 0. The van der Waals surface area contributed by atoms with Gasteiger partial charge < -0.3 is 4.52 Å². The number of benzene rings is 1. The lowest BCUT2D eigenvalue weighted by molar-refractivity contribution is 0.376. The first-order valence-electron chi connectivity index (χ1n) is 5.51. The van der Waals surface area contributed by atoms with Crippen LogP contribution in [0.1, 0.15) is 36.0 Å². The Morgan fingerprint density at radius 2 is 2.17 bits per heavy atom. The molecular weight excluding hydrogens is 262 g/mol. The highest BCUT2D eigenvalue weighted by atomic mass is 35.5. The summed E-state index contributed by atoms with van der Waals surface area (Å²) in [5.74, 6) is -1.20. The second-order valence-electron chi connectivity index (χ2n) is 3.81. The van der Waals surface area contributed by atoms with Crippen molar-refractivity contribution in [1.29, 1.82) is 0 Å². The molecule has 0 aliphatic heterocycles. The van der Waals surface area contributed by atoms with E-state index in [4.69, 9.17) is 16.1 Å². The normalized spacial score (nSPS) is 12.7. The van der Waals surface area contributed by atoms with E-state index in [1.54, 1.807) is 0 Å². The molecule has 1 heterocycles. The standard InChI is InChI=1S/C12H11ClF2N2O/c1-2-8(13)12-16-10(18-17-12)6-7-4-3-5-9(14)11(7)15/h3-5,8H,2,6H2,1H3. The third-order valence-electron chi connectivity index (χ3n) is 2.50. The summed E-state index contributed by atoms with van der Waals surface area (Å²) in [6, 6.07) is 3.96. The maximum absolute atomic E-state index is 13.4. The quantitative estimate of drug-likeness (QED) is 0.798. The maximum Gasteiger partial charge on any atom is 0.231 e. The minimum Gasteiger partial charge on any atom is -0.339 e. The first-order valence-corrected chi connectivity index (χ1v) is 5.95. The summed E-state index contributed by atoms with van der Waals surface area (Å²) in [4.78, 5) is 4.05. The van der Waals surface area contributed by atoms with E-state index in [2.05, 4.69) is 10.1 Å². The van der Waals surface area contributed by atoms with Crippen molar-refractivity contribution in [2.75, 3.05) is 0 Å². The van der Waals surface area contributed by atoms with Crippen molar-refractivity contribution in [3.05, 3.63) is 47.1 Å². The molecule has 1 aromatic carbocycles. The van der Waals surface area contributed by atoms with Crippen LogP contribution in [0, 0.1) is 11.6 Å². The lowest BCUT2D eigenvalue weighted by Crippen LogP contribution is -1.97. The fourth-order valence-electron chi connectivity index (χ4n) is 1.50. The van der Waals surface area contributed by atoms with Crippen molar-refractivity contribution in [3.8, 4) is 0 Å². The van der Waals surface area contributed by atoms with Crippen LogP contribution in [0.4, 0.5) is 8.78 Å². The molecule has 1 unspecified atom stereocenters. The second kappa shape index (κ2) is 5.44. The van der Waals surface area contributed by atoms with E-state index in [0.717, 1.165) is 6.07 Å². The van der Waals surface area contributed by atoms with Crippen LogP contribution in [0.25, 0.3) is 0 Å². The minimum absolute atomic E-state index is 0.0456. The molecule has 96 valence electrons. The molecule has 0 spiro atoms. The van der Waals surface area contributed by atoms with Gasteiger partial charge in [-0.25, -0.2) is 8.78 Å². The van der Waals surface area contributed by atoms with Crippen LogP contribution in [0.3, 0.4) is 0 Å². The van der Waals surface area contributed by atoms with Crippen LogP contribution < -0.4 is 0 Å². The molecule has 18 heavy (non-hydrogen) atoms. The van der Waals surface area contributed by atoms with Crippen molar-refractivity contribution >= 4 is 11.6 Å². The van der Waals surface area contributed by atoms with Crippen LogP contribution >= 0.6 is 11.6 Å². The molecule has 1 atom stereocenters.